The van der Waals surface area contributed by atoms with Crippen molar-refractivity contribution >= 4 is 51.2 Å². The molecule has 0 spiro atoms. The second-order valence-corrected chi connectivity index (χ2v) is 10.9. The molecule has 1 aromatic rings. The van der Waals surface area contributed by atoms with Crippen LogP contribution < -0.4 is 21.3 Å². The number of halogens is 1. The summed E-state index contributed by atoms with van der Waals surface area (Å²) in [4.78, 5) is 35.3. The maximum atomic E-state index is 12.2. The van der Waals surface area contributed by atoms with Gasteiger partial charge in [-0.05, 0) is 59.5 Å². The van der Waals surface area contributed by atoms with E-state index in [0.29, 0.717) is 44.5 Å². The number of urea groups is 1. The van der Waals surface area contributed by atoms with Gasteiger partial charge in [-0.25, -0.2) is 4.79 Å². The molecule has 3 rings (SSSR count). The Kier molecular flexibility index (Phi) is 9.14. The number of aryl methyl sites for hydroxylation is 1. The third-order valence-electron chi connectivity index (χ3n) is 5.69. The van der Waals surface area contributed by atoms with Gasteiger partial charge >= 0.3 is 6.03 Å². The van der Waals surface area contributed by atoms with Gasteiger partial charge in [0.2, 0.25) is 11.8 Å². The van der Waals surface area contributed by atoms with Crippen LogP contribution in [0.25, 0.3) is 0 Å². The summed E-state index contributed by atoms with van der Waals surface area (Å²) < 4.78 is 13.0. The number of amides is 4. The third kappa shape index (κ3) is 7.06. The molecule has 4 atom stereocenters. The van der Waals surface area contributed by atoms with Crippen LogP contribution in [0.4, 0.5) is 4.79 Å². The molecule has 32 heavy (non-hydrogen) atoms. The molecular formula is C21H29IN4O5S. The summed E-state index contributed by atoms with van der Waals surface area (Å²) in [6.07, 6.45) is 3.49. The number of rotatable bonds is 11. The van der Waals surface area contributed by atoms with E-state index in [4.69, 9.17) is 0 Å². The predicted molar refractivity (Wildman–Crippen MR) is 130 cm³/mol. The van der Waals surface area contributed by atoms with Crippen molar-refractivity contribution in [1.29, 1.82) is 0 Å². The van der Waals surface area contributed by atoms with Crippen molar-refractivity contribution in [2.45, 2.75) is 55.9 Å². The molecular weight excluding hydrogens is 545 g/mol. The minimum Gasteiger partial charge on any atom is -0.507 e. The van der Waals surface area contributed by atoms with Crippen LogP contribution in [-0.2, 0) is 26.8 Å². The first kappa shape index (κ1) is 24.7. The van der Waals surface area contributed by atoms with E-state index in [0.717, 1.165) is 22.0 Å². The highest BCUT2D eigenvalue weighted by atomic mass is 125. The van der Waals surface area contributed by atoms with Crippen molar-refractivity contribution in [2.24, 2.45) is 0 Å². The smallest absolute Gasteiger partial charge is 0.315 e. The molecule has 4 amide bonds. The molecule has 1 unspecified atom stereocenters. The van der Waals surface area contributed by atoms with Crippen LogP contribution in [0.1, 0.15) is 37.7 Å². The van der Waals surface area contributed by atoms with Crippen LogP contribution in [0.5, 0.6) is 5.75 Å². The van der Waals surface area contributed by atoms with Gasteiger partial charge in [0.25, 0.3) is 0 Å². The average molecular weight is 574 g/mol. The van der Waals surface area contributed by atoms with Crippen molar-refractivity contribution in [3.8, 4) is 5.75 Å². The summed E-state index contributed by atoms with van der Waals surface area (Å²) in [6, 6.07) is 4.97. The number of fused-ring (bicyclic) bond motifs is 1. The summed E-state index contributed by atoms with van der Waals surface area (Å²) in [5.41, 5.74) is 0.985. The number of unbranched alkanes of at least 4 members (excludes halogenated alkanes) is 1. The molecule has 9 nitrogen and oxygen atoms in total. The lowest BCUT2D eigenvalue weighted by Crippen LogP contribution is -2.38. The van der Waals surface area contributed by atoms with Gasteiger partial charge in [-0.15, -0.1) is 0 Å². The van der Waals surface area contributed by atoms with Gasteiger partial charge in [-0.1, -0.05) is 12.5 Å². The first-order valence-electron chi connectivity index (χ1n) is 10.8. The zero-order chi connectivity index (χ0) is 23.1. The monoisotopic (exact) mass is 574 g/mol. The Hall–Kier alpha value is -1.89. The zero-order valence-electron chi connectivity index (χ0n) is 17.7. The second kappa shape index (κ2) is 11.8. The molecule has 1 aromatic carbocycles. The minimum absolute atomic E-state index is 0.0447. The Labute approximate surface area is 203 Å². The summed E-state index contributed by atoms with van der Waals surface area (Å²) in [5.74, 6) is 0.573. The van der Waals surface area contributed by atoms with Crippen LogP contribution in [0, 0.1) is 3.57 Å². The Morgan fingerprint density at radius 1 is 1.12 bits per heavy atom. The normalized spacial score (nSPS) is 23.8. The van der Waals surface area contributed by atoms with E-state index in [9.17, 15) is 23.7 Å². The first-order valence-corrected chi connectivity index (χ1v) is 13.2. The van der Waals surface area contributed by atoms with Crippen LogP contribution in [0.2, 0.25) is 0 Å². The lowest BCUT2D eigenvalue weighted by molar-refractivity contribution is -0.122. The molecule has 2 aliphatic rings. The molecule has 176 valence electrons. The number of phenols is 1. The number of phenolic OH excluding ortho intramolecular Hbond substituents is 1. The fourth-order valence-electron chi connectivity index (χ4n) is 4.00. The van der Waals surface area contributed by atoms with Crippen LogP contribution in [0.15, 0.2) is 18.2 Å². The van der Waals surface area contributed by atoms with Crippen molar-refractivity contribution in [1.82, 2.24) is 21.3 Å². The standard InChI is InChI=1S/C21H29IN4O5S/c22-14-11-13(5-7-16(14)27)6-8-19(29)24-10-9-23-18(28)4-2-1-3-17-20-15(12-32(17)31)25-21(30)26-20/h5,7,11,15,17,20,27H,1-4,6,8-10,12H2,(H,23,28)(H,24,29)(H2,25,26,30)/t15-,17-,20-,32?/m0/s1/i22-2. The molecule has 0 radical (unpaired) electrons. The van der Waals surface area contributed by atoms with E-state index in [-0.39, 0.29) is 40.9 Å². The number of nitrogens with one attached hydrogen (secondary N) is 4. The summed E-state index contributed by atoms with van der Waals surface area (Å²) >= 11 is 2.05. The van der Waals surface area contributed by atoms with Crippen LogP contribution >= 0.6 is 22.6 Å². The van der Waals surface area contributed by atoms with Gasteiger partial charge in [0.1, 0.15) is 5.75 Å². The van der Waals surface area contributed by atoms with E-state index >= 15 is 0 Å². The topological polar surface area (TPSA) is 137 Å². The van der Waals surface area contributed by atoms with Crippen molar-refractivity contribution in [2.75, 3.05) is 18.8 Å². The zero-order valence-corrected chi connectivity index (χ0v) is 20.7. The maximum Gasteiger partial charge on any atom is 0.315 e. The Balaban J connectivity index is 1.22. The minimum atomic E-state index is -0.955. The van der Waals surface area contributed by atoms with Gasteiger partial charge in [-0.3, -0.25) is 13.8 Å². The summed E-state index contributed by atoms with van der Waals surface area (Å²) in [7, 11) is -0.955. The van der Waals surface area contributed by atoms with Crippen molar-refractivity contribution in [3.63, 3.8) is 0 Å². The van der Waals surface area contributed by atoms with Gasteiger partial charge in [0, 0.05) is 42.5 Å². The number of aromatic hydroxyl groups is 1. The van der Waals surface area contributed by atoms with Crippen LogP contribution in [0.3, 0.4) is 0 Å². The SMILES string of the molecule is O=C(CCCC[C@H]1[C@H]2NC(=O)N[C@H]2CS1=O)NCCNC(=O)CCc1ccc(O)c([125I])c1. The Bertz CT molecular complexity index is 884. The summed E-state index contributed by atoms with van der Waals surface area (Å²) in [6.45, 7) is 0.740. The van der Waals surface area contributed by atoms with E-state index in [1.54, 1.807) is 12.1 Å². The lowest BCUT2D eigenvalue weighted by Gasteiger charge is -2.16. The molecule has 0 aliphatic carbocycles. The Morgan fingerprint density at radius 3 is 2.56 bits per heavy atom. The summed E-state index contributed by atoms with van der Waals surface area (Å²) in [5, 5.41) is 20.7. The largest absolute Gasteiger partial charge is 0.507 e. The van der Waals surface area contributed by atoms with E-state index in [2.05, 4.69) is 21.3 Å². The van der Waals surface area contributed by atoms with E-state index < -0.39 is 10.8 Å². The fraction of sp³-hybridized carbons (Fsp3) is 0.571. The predicted octanol–water partition coefficient (Wildman–Crippen LogP) is 0.903. The highest BCUT2D eigenvalue weighted by Crippen LogP contribution is 2.25. The molecule has 2 fully saturated rings. The second-order valence-electron chi connectivity index (χ2n) is 8.07. The fourth-order valence-corrected chi connectivity index (χ4v) is 6.49. The third-order valence-corrected chi connectivity index (χ3v) is 8.45. The molecule has 11 heteroatoms. The molecule has 0 saturated carbocycles. The van der Waals surface area contributed by atoms with E-state index in [1.165, 1.54) is 0 Å². The first-order chi connectivity index (χ1) is 15.3. The highest BCUT2D eigenvalue weighted by molar-refractivity contribution is 14.1. The van der Waals surface area contributed by atoms with Gasteiger partial charge < -0.3 is 26.4 Å². The van der Waals surface area contributed by atoms with Gasteiger partial charge in [0.15, 0.2) is 0 Å². The molecule has 5 N–H and O–H groups in total. The quantitative estimate of drug-likeness (QED) is 0.152. The molecule has 0 bridgehead atoms. The number of carbonyl (C=O) groups excluding carboxylic acids is 3. The lowest BCUT2D eigenvalue weighted by atomic mass is 10.0. The van der Waals surface area contributed by atoms with Gasteiger partial charge in [-0.2, -0.15) is 0 Å². The number of carbonyl (C=O) groups is 3. The van der Waals surface area contributed by atoms with Crippen LogP contribution in [-0.4, -0.2) is 63.3 Å². The highest BCUT2D eigenvalue weighted by Gasteiger charge is 2.46. The molecule has 2 aliphatic heterocycles. The Morgan fingerprint density at radius 2 is 1.84 bits per heavy atom. The average Bonchev–Trinajstić information content (AvgIpc) is 3.24. The van der Waals surface area contributed by atoms with Gasteiger partial charge in [0.05, 0.1) is 20.9 Å². The number of hydrogen-bond donors (Lipinski definition) is 5. The van der Waals surface area contributed by atoms with Crippen molar-refractivity contribution < 1.29 is 23.7 Å². The number of hydrogen-bond acceptors (Lipinski definition) is 5. The molecule has 2 heterocycles. The molecule has 2 saturated heterocycles. The maximum absolute atomic E-state index is 12.2. The van der Waals surface area contributed by atoms with E-state index in [1.807, 2.05) is 28.7 Å². The number of benzene rings is 1. The molecule has 0 aromatic heterocycles. The van der Waals surface area contributed by atoms with Crippen molar-refractivity contribution in [3.05, 3.63) is 27.3 Å².